The van der Waals surface area contributed by atoms with Crippen molar-refractivity contribution < 1.29 is 41.9 Å². The van der Waals surface area contributed by atoms with Gasteiger partial charge in [0.1, 0.15) is 23.9 Å². The Hall–Kier alpha value is -3.31. The molecule has 0 bridgehead atoms. The molecule has 15 heteroatoms. The van der Waals surface area contributed by atoms with Crippen molar-refractivity contribution in [3.63, 3.8) is 0 Å². The Morgan fingerprint density at radius 3 is 2.55 bits per heavy atom. The molecule has 3 rings (SSSR count). The second-order valence-electron chi connectivity index (χ2n) is 8.80. The number of rotatable bonds is 15. The molecule has 0 saturated carbocycles. The van der Waals surface area contributed by atoms with Gasteiger partial charge in [-0.2, -0.15) is 0 Å². The first-order chi connectivity index (χ1) is 19.0. The first-order valence-corrected chi connectivity index (χ1v) is 13.7. The lowest BCUT2D eigenvalue weighted by molar-refractivity contribution is -0.155. The summed E-state index contributed by atoms with van der Waals surface area (Å²) >= 11 is 0. The number of carbonyl (C=O) groups excluding carboxylic acids is 1. The van der Waals surface area contributed by atoms with Crippen LogP contribution in [0.2, 0.25) is 0 Å². The number of nitrogens with zero attached hydrogens (tertiary/aromatic N) is 3. The van der Waals surface area contributed by atoms with Gasteiger partial charge in [0.15, 0.2) is 11.9 Å². The predicted molar refractivity (Wildman–Crippen MR) is 138 cm³/mol. The summed E-state index contributed by atoms with van der Waals surface area (Å²) in [6.45, 7) is 5.76. The van der Waals surface area contributed by atoms with Gasteiger partial charge in [0.25, 0.3) is 0 Å². The van der Waals surface area contributed by atoms with Crippen molar-refractivity contribution in [2.75, 3.05) is 33.0 Å². The van der Waals surface area contributed by atoms with Gasteiger partial charge in [-0.05, 0) is 50.1 Å². The molecule has 0 aliphatic carbocycles. The van der Waals surface area contributed by atoms with E-state index in [0.29, 0.717) is 5.82 Å². The van der Waals surface area contributed by atoms with Crippen molar-refractivity contribution in [2.45, 2.75) is 38.2 Å². The van der Waals surface area contributed by atoms with Crippen LogP contribution < -0.4 is 10.8 Å². The van der Waals surface area contributed by atoms with Crippen LogP contribution in [0.5, 0.6) is 0 Å². The van der Waals surface area contributed by atoms with Gasteiger partial charge in [0.05, 0.1) is 31.3 Å². The number of aromatic nitrogens is 3. The van der Waals surface area contributed by atoms with Crippen molar-refractivity contribution in [3.05, 3.63) is 70.6 Å². The molecule has 2 aromatic carbocycles. The van der Waals surface area contributed by atoms with Crippen LogP contribution >= 0.6 is 0 Å². The summed E-state index contributed by atoms with van der Waals surface area (Å²) in [5.41, 5.74) is 4.43. The van der Waals surface area contributed by atoms with Gasteiger partial charge in [0.2, 0.25) is 10.0 Å². The molecule has 1 unspecified atom stereocenters. The molecule has 1 heterocycles. The van der Waals surface area contributed by atoms with E-state index in [1.54, 1.807) is 6.92 Å². The SMILES string of the molecule is Cc1ccc(C)c(Cc2nc(C(C)OC(=O)COCCOCCONO)nn2-c2ccc(S(N)(=O)=O)cc2F)c1. The highest BCUT2D eigenvalue weighted by molar-refractivity contribution is 7.89. The van der Waals surface area contributed by atoms with E-state index >= 15 is 4.39 Å². The van der Waals surface area contributed by atoms with E-state index in [-0.39, 0.29) is 55.9 Å². The molecule has 3 aromatic rings. The minimum atomic E-state index is -4.11. The average Bonchev–Trinajstić information content (AvgIpc) is 3.31. The zero-order chi connectivity index (χ0) is 29.3. The summed E-state index contributed by atoms with van der Waals surface area (Å²) in [5, 5.41) is 17.8. The van der Waals surface area contributed by atoms with Crippen LogP contribution in [0.25, 0.3) is 5.69 Å². The molecular weight excluding hydrogens is 549 g/mol. The number of hydrogen-bond acceptors (Lipinski definition) is 11. The third-order valence-electron chi connectivity index (χ3n) is 5.68. The molecule has 1 aromatic heterocycles. The number of hydrogen-bond donors (Lipinski definition) is 3. The van der Waals surface area contributed by atoms with Crippen LogP contribution in [0.3, 0.4) is 0 Å². The van der Waals surface area contributed by atoms with Crippen LogP contribution in [-0.2, 0) is 40.3 Å². The summed E-state index contributed by atoms with van der Waals surface area (Å²) < 4.78 is 55.5. The van der Waals surface area contributed by atoms with E-state index in [1.807, 2.05) is 32.0 Å². The number of aryl methyl sites for hydroxylation is 2. The Kier molecular flexibility index (Phi) is 11.2. The highest BCUT2D eigenvalue weighted by Gasteiger charge is 2.23. The third-order valence-corrected chi connectivity index (χ3v) is 6.59. The topological polar surface area (TPSA) is 177 Å². The van der Waals surface area contributed by atoms with Gasteiger partial charge < -0.3 is 14.2 Å². The zero-order valence-corrected chi connectivity index (χ0v) is 23.1. The highest BCUT2D eigenvalue weighted by Crippen LogP contribution is 2.24. The molecule has 0 amide bonds. The second-order valence-corrected chi connectivity index (χ2v) is 10.4. The normalized spacial score (nSPS) is 12.4. The van der Waals surface area contributed by atoms with E-state index < -0.39 is 27.9 Å². The van der Waals surface area contributed by atoms with Crippen LogP contribution in [0, 0.1) is 19.7 Å². The Morgan fingerprint density at radius 2 is 1.85 bits per heavy atom. The predicted octanol–water partition coefficient (Wildman–Crippen LogP) is 1.81. The number of sulfonamides is 1. The van der Waals surface area contributed by atoms with E-state index in [9.17, 15) is 13.2 Å². The molecule has 218 valence electrons. The number of nitrogens with two attached hydrogens (primary N) is 1. The number of ether oxygens (including phenoxy) is 3. The van der Waals surface area contributed by atoms with Crippen LogP contribution in [0.15, 0.2) is 41.3 Å². The summed E-state index contributed by atoms with van der Waals surface area (Å²) in [4.78, 5) is 20.9. The van der Waals surface area contributed by atoms with Crippen molar-refractivity contribution >= 4 is 16.0 Å². The smallest absolute Gasteiger partial charge is 0.332 e. The first kappa shape index (κ1) is 31.2. The quantitative estimate of drug-likeness (QED) is 0.135. The summed E-state index contributed by atoms with van der Waals surface area (Å²) in [5.74, 6) is -1.08. The fourth-order valence-corrected chi connectivity index (χ4v) is 4.17. The molecule has 0 radical (unpaired) electrons. The minimum Gasteiger partial charge on any atom is -0.453 e. The van der Waals surface area contributed by atoms with E-state index in [0.717, 1.165) is 22.8 Å². The number of primary sulfonamides is 1. The molecular formula is C25H32FN5O8S. The lowest BCUT2D eigenvalue weighted by Gasteiger charge is -2.11. The molecule has 0 aliphatic rings. The standard InChI is InChI=1S/C25H32FN5O8S/c1-16-4-5-17(2)19(12-16)13-23-28-25(18(3)39-24(32)15-37-9-8-36-10-11-38-30-33)29-31(23)22-7-6-20(14-21(22)26)40(27,34)35/h4-7,12,14,18,30,33H,8-11,13,15H2,1-3H3,(H2,27,34,35). The summed E-state index contributed by atoms with van der Waals surface area (Å²) in [6.07, 6.45) is -0.624. The second kappa shape index (κ2) is 14.4. The lowest BCUT2D eigenvalue weighted by Crippen LogP contribution is -2.18. The maximum Gasteiger partial charge on any atom is 0.332 e. The molecule has 0 fully saturated rings. The van der Waals surface area contributed by atoms with Crippen LogP contribution in [0.4, 0.5) is 4.39 Å². The van der Waals surface area contributed by atoms with Crippen molar-refractivity contribution in [2.24, 2.45) is 5.14 Å². The van der Waals surface area contributed by atoms with E-state index in [2.05, 4.69) is 14.9 Å². The van der Waals surface area contributed by atoms with Crippen LogP contribution in [0.1, 0.15) is 41.4 Å². The number of esters is 1. The number of halogens is 1. The number of carbonyl (C=O) groups is 1. The van der Waals surface area contributed by atoms with Gasteiger partial charge in [-0.15, -0.1) is 5.10 Å². The largest absolute Gasteiger partial charge is 0.453 e. The fourth-order valence-electron chi connectivity index (χ4n) is 3.64. The minimum absolute atomic E-state index is 0.0477. The van der Waals surface area contributed by atoms with Crippen molar-refractivity contribution in [1.82, 2.24) is 20.4 Å². The fraction of sp³-hybridized carbons (Fsp3) is 0.400. The molecule has 0 aliphatic heterocycles. The maximum atomic E-state index is 15.1. The molecule has 1 atom stereocenters. The Balaban J connectivity index is 1.77. The Bertz CT molecular complexity index is 1420. The Morgan fingerprint density at radius 1 is 1.12 bits per heavy atom. The van der Waals surface area contributed by atoms with Gasteiger partial charge in [-0.1, -0.05) is 29.4 Å². The molecule has 0 saturated heterocycles. The molecule has 40 heavy (non-hydrogen) atoms. The van der Waals surface area contributed by atoms with E-state index in [4.69, 9.17) is 24.6 Å². The van der Waals surface area contributed by atoms with Gasteiger partial charge in [-0.25, -0.2) is 32.4 Å². The van der Waals surface area contributed by atoms with Crippen molar-refractivity contribution in [3.8, 4) is 5.69 Å². The van der Waals surface area contributed by atoms with Crippen molar-refractivity contribution in [1.29, 1.82) is 0 Å². The van der Waals surface area contributed by atoms with E-state index in [1.165, 1.54) is 22.5 Å². The summed E-state index contributed by atoms with van der Waals surface area (Å²) in [6, 6.07) is 9.16. The Labute approximate surface area is 231 Å². The lowest BCUT2D eigenvalue weighted by atomic mass is 10.0. The third kappa shape index (κ3) is 8.85. The highest BCUT2D eigenvalue weighted by atomic mass is 32.2. The molecule has 13 nitrogen and oxygen atoms in total. The number of benzene rings is 2. The average molecular weight is 582 g/mol. The first-order valence-electron chi connectivity index (χ1n) is 12.2. The maximum absolute atomic E-state index is 15.1. The monoisotopic (exact) mass is 581 g/mol. The molecule has 4 N–H and O–H groups in total. The van der Waals surface area contributed by atoms with Gasteiger partial charge in [-0.3, -0.25) is 10.0 Å². The number of nitrogens with one attached hydrogen (secondary N) is 1. The zero-order valence-electron chi connectivity index (χ0n) is 22.3. The van der Waals surface area contributed by atoms with Gasteiger partial charge >= 0.3 is 5.97 Å². The molecule has 0 spiro atoms. The van der Waals surface area contributed by atoms with Crippen LogP contribution in [-0.4, -0.2) is 67.4 Å². The summed E-state index contributed by atoms with van der Waals surface area (Å²) in [7, 11) is -4.11. The van der Waals surface area contributed by atoms with Gasteiger partial charge in [0, 0.05) is 6.42 Å².